The van der Waals surface area contributed by atoms with Crippen LogP contribution >= 0.6 is 0 Å². The molecule has 4 aromatic carbocycles. The Labute approximate surface area is 203 Å². The second-order valence-corrected chi connectivity index (χ2v) is 8.32. The molecule has 0 amide bonds. The van der Waals surface area contributed by atoms with Crippen LogP contribution in [0.1, 0.15) is 41.8 Å². The van der Waals surface area contributed by atoms with Crippen LogP contribution < -0.4 is 4.74 Å². The van der Waals surface area contributed by atoms with Gasteiger partial charge in [-0.3, -0.25) is 0 Å². The van der Waals surface area contributed by atoms with Crippen LogP contribution in [-0.2, 0) is 12.8 Å². The average molecular weight is 475 g/mol. The summed E-state index contributed by atoms with van der Waals surface area (Å²) in [6.07, 6.45) is 2.56. The molecule has 4 rings (SSSR count). The van der Waals surface area contributed by atoms with Crippen molar-refractivity contribution in [2.45, 2.75) is 33.1 Å². The highest BCUT2D eigenvalue weighted by molar-refractivity contribution is 5.91. The summed E-state index contributed by atoms with van der Waals surface area (Å²) in [5.74, 6) is -4.00. The molecule has 4 aromatic rings. The van der Waals surface area contributed by atoms with E-state index < -0.39 is 23.4 Å². The van der Waals surface area contributed by atoms with Crippen LogP contribution in [0.4, 0.5) is 13.2 Å². The molecule has 0 spiro atoms. The van der Waals surface area contributed by atoms with E-state index in [1.807, 2.05) is 32.0 Å². The van der Waals surface area contributed by atoms with E-state index in [4.69, 9.17) is 4.74 Å². The molecule has 0 aliphatic rings. The number of halogens is 3. The van der Waals surface area contributed by atoms with Gasteiger partial charge in [0.15, 0.2) is 11.6 Å². The lowest BCUT2D eigenvalue weighted by atomic mass is 10.0. The van der Waals surface area contributed by atoms with Crippen LogP contribution in [0.2, 0.25) is 0 Å². The van der Waals surface area contributed by atoms with Crippen LogP contribution in [0.25, 0.3) is 22.3 Å². The molecule has 0 saturated heterocycles. The van der Waals surface area contributed by atoms with Gasteiger partial charge in [-0.15, -0.1) is 0 Å². The number of benzene rings is 4. The van der Waals surface area contributed by atoms with Gasteiger partial charge in [0.25, 0.3) is 0 Å². The van der Waals surface area contributed by atoms with Crippen LogP contribution in [0.5, 0.6) is 5.75 Å². The first-order chi connectivity index (χ1) is 16.9. The first-order valence-electron chi connectivity index (χ1n) is 11.6. The predicted molar refractivity (Wildman–Crippen MR) is 132 cm³/mol. The van der Waals surface area contributed by atoms with Gasteiger partial charge in [-0.05, 0) is 65.4 Å². The Morgan fingerprint density at radius 3 is 1.94 bits per heavy atom. The molecule has 0 fully saturated rings. The monoisotopic (exact) mass is 474 g/mol. The largest absolute Gasteiger partial charge is 0.420 e. The summed E-state index contributed by atoms with van der Waals surface area (Å²) in [5.41, 5.74) is 3.77. The van der Waals surface area contributed by atoms with E-state index in [0.29, 0.717) is 16.7 Å². The lowest BCUT2D eigenvalue weighted by Gasteiger charge is -2.10. The summed E-state index contributed by atoms with van der Waals surface area (Å²) in [7, 11) is 0. The zero-order valence-electron chi connectivity index (χ0n) is 19.6. The molecule has 35 heavy (non-hydrogen) atoms. The van der Waals surface area contributed by atoms with Crippen molar-refractivity contribution in [3.63, 3.8) is 0 Å². The minimum atomic E-state index is -1.23. The fraction of sp³-hybridized carbons (Fsp3) is 0.167. The third kappa shape index (κ3) is 5.29. The summed E-state index contributed by atoms with van der Waals surface area (Å²) in [5, 5.41) is 0. The van der Waals surface area contributed by atoms with E-state index in [0.717, 1.165) is 30.4 Å². The Kier molecular flexibility index (Phi) is 7.35. The minimum absolute atomic E-state index is 0.0845. The third-order valence-corrected chi connectivity index (χ3v) is 5.93. The lowest BCUT2D eigenvalue weighted by Crippen LogP contribution is -2.10. The van der Waals surface area contributed by atoms with Crippen LogP contribution in [-0.4, -0.2) is 5.97 Å². The Hall–Kier alpha value is -3.86. The number of carbonyl (C=O) groups excluding carboxylic acids is 1. The quantitative estimate of drug-likeness (QED) is 0.199. The fourth-order valence-corrected chi connectivity index (χ4v) is 3.94. The molecule has 0 radical (unpaired) electrons. The van der Waals surface area contributed by atoms with E-state index in [-0.39, 0.29) is 16.9 Å². The highest BCUT2D eigenvalue weighted by Crippen LogP contribution is 2.31. The summed E-state index contributed by atoms with van der Waals surface area (Å²) < 4.78 is 49.1. The van der Waals surface area contributed by atoms with Gasteiger partial charge < -0.3 is 4.74 Å². The van der Waals surface area contributed by atoms with E-state index in [9.17, 15) is 18.0 Å². The number of rotatable bonds is 7. The Balaban J connectivity index is 1.51. The zero-order valence-corrected chi connectivity index (χ0v) is 19.6. The van der Waals surface area contributed by atoms with Crippen molar-refractivity contribution in [2.24, 2.45) is 0 Å². The van der Waals surface area contributed by atoms with Gasteiger partial charge in [-0.1, -0.05) is 68.8 Å². The molecule has 0 N–H and O–H groups in total. The summed E-state index contributed by atoms with van der Waals surface area (Å²) >= 11 is 0. The molecule has 0 atom stereocenters. The number of carbonyl (C=O) groups is 1. The average Bonchev–Trinajstić information content (AvgIpc) is 2.87. The molecule has 5 heteroatoms. The van der Waals surface area contributed by atoms with Gasteiger partial charge >= 0.3 is 5.97 Å². The summed E-state index contributed by atoms with van der Waals surface area (Å²) in [6.45, 7) is 4.04. The van der Waals surface area contributed by atoms with E-state index in [2.05, 4.69) is 0 Å². The Bertz CT molecular complexity index is 1340. The standard InChI is InChI=1S/C30H25F3O2/c1-3-5-20-8-15-24(26(31)18-20)21-11-13-23(14-12-21)30(34)35-27-17-16-25(28(32)29(27)33)22-9-6-19(4-2)7-10-22/h6-18H,3-5H2,1-2H3. The smallest absolute Gasteiger partial charge is 0.343 e. The molecule has 0 saturated carbocycles. The number of hydrogen-bond donors (Lipinski definition) is 0. The maximum absolute atomic E-state index is 14.7. The molecule has 0 unspecified atom stereocenters. The molecule has 0 aliphatic carbocycles. The van der Waals surface area contributed by atoms with E-state index in [1.165, 1.54) is 30.3 Å². The first kappa shape index (κ1) is 24.3. The zero-order chi connectivity index (χ0) is 24.9. The first-order valence-corrected chi connectivity index (χ1v) is 11.6. The number of ether oxygens (including phenoxy) is 1. The number of esters is 1. The molecule has 0 heterocycles. The number of aryl methyl sites for hydroxylation is 2. The van der Waals surface area contributed by atoms with Crippen molar-refractivity contribution in [2.75, 3.05) is 0 Å². The molecular formula is C30H25F3O2. The van der Waals surface area contributed by atoms with Crippen molar-refractivity contribution >= 4 is 5.97 Å². The second-order valence-electron chi connectivity index (χ2n) is 8.32. The van der Waals surface area contributed by atoms with E-state index in [1.54, 1.807) is 30.3 Å². The van der Waals surface area contributed by atoms with Crippen LogP contribution in [0.3, 0.4) is 0 Å². The maximum Gasteiger partial charge on any atom is 0.343 e. The van der Waals surface area contributed by atoms with E-state index >= 15 is 0 Å². The highest BCUT2D eigenvalue weighted by atomic mass is 19.2. The van der Waals surface area contributed by atoms with Crippen LogP contribution in [0, 0.1) is 17.5 Å². The summed E-state index contributed by atoms with van der Waals surface area (Å²) in [6, 6.07) is 21.0. The number of hydrogen-bond acceptors (Lipinski definition) is 2. The summed E-state index contributed by atoms with van der Waals surface area (Å²) in [4.78, 5) is 12.5. The SMILES string of the molecule is CCCc1ccc(-c2ccc(C(=O)Oc3ccc(-c4ccc(CC)cc4)c(F)c3F)cc2)c(F)c1. The van der Waals surface area contributed by atoms with Gasteiger partial charge in [0.2, 0.25) is 5.82 Å². The van der Waals surface area contributed by atoms with Gasteiger partial charge in [0, 0.05) is 11.1 Å². The van der Waals surface area contributed by atoms with Gasteiger partial charge in [-0.2, -0.15) is 4.39 Å². The normalized spacial score (nSPS) is 10.9. The molecule has 2 nitrogen and oxygen atoms in total. The Morgan fingerprint density at radius 1 is 0.714 bits per heavy atom. The maximum atomic E-state index is 14.7. The molecule has 178 valence electrons. The third-order valence-electron chi connectivity index (χ3n) is 5.93. The topological polar surface area (TPSA) is 26.3 Å². The molecule has 0 bridgehead atoms. The predicted octanol–water partition coefficient (Wildman–Crippen LogP) is 8.17. The van der Waals surface area contributed by atoms with Gasteiger partial charge in [0.1, 0.15) is 5.82 Å². The highest BCUT2D eigenvalue weighted by Gasteiger charge is 2.19. The van der Waals surface area contributed by atoms with Gasteiger partial charge in [0.05, 0.1) is 5.56 Å². The lowest BCUT2D eigenvalue weighted by molar-refractivity contribution is 0.0727. The van der Waals surface area contributed by atoms with Crippen molar-refractivity contribution in [1.29, 1.82) is 0 Å². The van der Waals surface area contributed by atoms with Crippen molar-refractivity contribution in [3.8, 4) is 28.0 Å². The molecule has 0 aromatic heterocycles. The fourth-order valence-electron chi connectivity index (χ4n) is 3.94. The van der Waals surface area contributed by atoms with Crippen LogP contribution in [0.15, 0.2) is 78.9 Å². The molecular weight excluding hydrogens is 449 g/mol. The minimum Gasteiger partial charge on any atom is -0.420 e. The Morgan fingerprint density at radius 2 is 1.31 bits per heavy atom. The molecule has 0 aliphatic heterocycles. The van der Waals surface area contributed by atoms with Gasteiger partial charge in [-0.25, -0.2) is 13.6 Å². The van der Waals surface area contributed by atoms with Crippen molar-refractivity contribution in [1.82, 2.24) is 0 Å². The second kappa shape index (κ2) is 10.6. The van der Waals surface area contributed by atoms with Crippen molar-refractivity contribution < 1.29 is 22.7 Å². The van der Waals surface area contributed by atoms with Crippen molar-refractivity contribution in [3.05, 3.63) is 113 Å².